The monoisotopic (exact) mass is 471 g/mol. The number of anilines is 1. The van der Waals surface area contributed by atoms with Crippen LogP contribution in [0.5, 0.6) is 0 Å². The minimum atomic E-state index is -4.60. The smallest absolute Gasteiger partial charge is 0.425 e. The van der Waals surface area contributed by atoms with Crippen molar-refractivity contribution in [3.63, 3.8) is 0 Å². The lowest BCUT2D eigenvalue weighted by molar-refractivity contribution is -0.200. The molecule has 0 bridgehead atoms. The Morgan fingerprint density at radius 2 is 1.82 bits per heavy atom. The second-order valence-corrected chi connectivity index (χ2v) is 8.70. The molecule has 2 amide bonds. The Bertz CT molecular complexity index is 870. The molecule has 0 radical (unpaired) electrons. The van der Waals surface area contributed by atoms with Gasteiger partial charge in [-0.2, -0.15) is 13.2 Å². The Kier molecular flexibility index (Phi) is 6.64. The van der Waals surface area contributed by atoms with E-state index in [-0.39, 0.29) is 19.0 Å². The summed E-state index contributed by atoms with van der Waals surface area (Å²) < 4.78 is 48.2. The van der Waals surface area contributed by atoms with Gasteiger partial charge in [0.25, 0.3) is 5.91 Å². The number of alkyl halides is 3. The van der Waals surface area contributed by atoms with Gasteiger partial charge >= 0.3 is 12.3 Å². The van der Waals surface area contributed by atoms with Crippen molar-refractivity contribution >= 4 is 17.8 Å². The molecule has 3 aliphatic heterocycles. The van der Waals surface area contributed by atoms with E-state index in [0.29, 0.717) is 57.1 Å². The van der Waals surface area contributed by atoms with Crippen LogP contribution in [0.15, 0.2) is 12.5 Å². The molecule has 0 aliphatic carbocycles. The Hall–Kier alpha value is -2.63. The number of amides is 2. The molecular formula is C21H28F3N5O4. The summed E-state index contributed by atoms with van der Waals surface area (Å²) in [6.45, 7) is 4.24. The third-order valence-corrected chi connectivity index (χ3v) is 6.76. The zero-order valence-electron chi connectivity index (χ0n) is 18.5. The number of hydrogen-bond acceptors (Lipinski definition) is 7. The van der Waals surface area contributed by atoms with Crippen LogP contribution in [0.2, 0.25) is 0 Å². The van der Waals surface area contributed by atoms with Crippen LogP contribution in [0.25, 0.3) is 0 Å². The van der Waals surface area contributed by atoms with Gasteiger partial charge in [-0.15, -0.1) is 0 Å². The number of rotatable bonds is 3. The van der Waals surface area contributed by atoms with Crippen LogP contribution in [-0.2, 0) is 9.47 Å². The Balaban J connectivity index is 1.45. The van der Waals surface area contributed by atoms with E-state index >= 15 is 0 Å². The van der Waals surface area contributed by atoms with Crippen molar-refractivity contribution < 1.29 is 32.2 Å². The van der Waals surface area contributed by atoms with E-state index in [0.717, 1.165) is 19.8 Å². The van der Waals surface area contributed by atoms with Crippen LogP contribution in [0, 0.1) is 0 Å². The number of likely N-dealkylation sites (tertiary alicyclic amines) is 2. The maximum atomic E-state index is 13.6. The molecule has 33 heavy (non-hydrogen) atoms. The first-order chi connectivity index (χ1) is 15.7. The van der Waals surface area contributed by atoms with Gasteiger partial charge in [0.1, 0.15) is 17.7 Å². The summed E-state index contributed by atoms with van der Waals surface area (Å²) in [6, 6.07) is 0. The fraction of sp³-hybridized carbons (Fsp3) is 0.714. The summed E-state index contributed by atoms with van der Waals surface area (Å²) in [4.78, 5) is 39.4. The SMILES string of the molecule is CC(OC(=O)N1CCC2(CCCN2C(=O)c2cncnc2N2CCOCC2)CC1)C(F)(F)F. The standard InChI is InChI=1S/C21H28F3N5O4/c1-15(21(22,23)24)33-19(31)28-7-4-20(5-8-28)3-2-6-29(20)18(30)16-13-25-14-26-17(16)27-9-11-32-12-10-27/h13-15H,2-12H2,1H3. The highest BCUT2D eigenvalue weighted by molar-refractivity contribution is 5.99. The number of carbonyl (C=O) groups is 2. The van der Waals surface area contributed by atoms with Crippen molar-refractivity contribution in [1.29, 1.82) is 0 Å². The van der Waals surface area contributed by atoms with Gasteiger partial charge in [-0.3, -0.25) is 4.79 Å². The average molecular weight is 471 g/mol. The minimum Gasteiger partial charge on any atom is -0.437 e. The lowest BCUT2D eigenvalue weighted by Gasteiger charge is -2.45. The maximum Gasteiger partial charge on any atom is 0.425 e. The molecule has 1 spiro atoms. The van der Waals surface area contributed by atoms with Crippen molar-refractivity contribution in [3.8, 4) is 0 Å². The largest absolute Gasteiger partial charge is 0.437 e. The zero-order chi connectivity index (χ0) is 23.6. The Morgan fingerprint density at radius 1 is 1.12 bits per heavy atom. The molecule has 3 saturated heterocycles. The normalized spacial score (nSPS) is 21.9. The van der Waals surface area contributed by atoms with Gasteiger partial charge < -0.3 is 24.2 Å². The molecule has 3 aliphatic rings. The molecule has 4 rings (SSSR count). The molecule has 182 valence electrons. The lowest BCUT2D eigenvalue weighted by atomic mass is 9.84. The molecule has 1 atom stereocenters. The average Bonchev–Trinajstić information content (AvgIpc) is 3.21. The molecule has 0 aromatic carbocycles. The molecule has 1 aromatic heterocycles. The highest BCUT2D eigenvalue weighted by atomic mass is 19.4. The molecule has 4 heterocycles. The summed E-state index contributed by atoms with van der Waals surface area (Å²) in [6.07, 6.45) is -2.21. The number of carbonyl (C=O) groups excluding carboxylic acids is 2. The number of ether oxygens (including phenoxy) is 2. The van der Waals surface area contributed by atoms with Crippen molar-refractivity contribution in [3.05, 3.63) is 18.1 Å². The predicted molar refractivity (Wildman–Crippen MR) is 111 cm³/mol. The third-order valence-electron chi connectivity index (χ3n) is 6.76. The molecular weight excluding hydrogens is 443 g/mol. The number of morpholine rings is 1. The van der Waals surface area contributed by atoms with E-state index in [2.05, 4.69) is 14.7 Å². The summed E-state index contributed by atoms with van der Waals surface area (Å²) in [7, 11) is 0. The Labute approximate surface area is 189 Å². The van der Waals surface area contributed by atoms with Gasteiger partial charge in [0.05, 0.1) is 13.2 Å². The van der Waals surface area contributed by atoms with Gasteiger partial charge in [0, 0.05) is 44.5 Å². The lowest BCUT2D eigenvalue weighted by Crippen LogP contribution is -2.55. The van der Waals surface area contributed by atoms with E-state index in [1.807, 2.05) is 9.80 Å². The quantitative estimate of drug-likeness (QED) is 0.669. The van der Waals surface area contributed by atoms with Crippen LogP contribution in [0.4, 0.5) is 23.8 Å². The highest BCUT2D eigenvalue weighted by Gasteiger charge is 2.48. The van der Waals surface area contributed by atoms with Crippen LogP contribution in [0.1, 0.15) is 43.0 Å². The van der Waals surface area contributed by atoms with Crippen molar-refractivity contribution in [2.24, 2.45) is 0 Å². The van der Waals surface area contributed by atoms with Gasteiger partial charge in [-0.05, 0) is 32.6 Å². The van der Waals surface area contributed by atoms with Crippen LogP contribution < -0.4 is 4.90 Å². The number of hydrogen-bond donors (Lipinski definition) is 0. The Morgan fingerprint density at radius 3 is 2.48 bits per heavy atom. The summed E-state index contributed by atoms with van der Waals surface area (Å²) in [5.74, 6) is 0.429. The van der Waals surface area contributed by atoms with Gasteiger partial charge in [-0.25, -0.2) is 14.8 Å². The van der Waals surface area contributed by atoms with Crippen molar-refractivity contribution in [2.75, 3.05) is 50.8 Å². The van der Waals surface area contributed by atoms with Crippen LogP contribution in [0.3, 0.4) is 0 Å². The summed E-state index contributed by atoms with van der Waals surface area (Å²) in [5.41, 5.74) is -0.0109. The van der Waals surface area contributed by atoms with E-state index < -0.39 is 23.9 Å². The fourth-order valence-electron chi connectivity index (χ4n) is 4.82. The number of nitrogens with zero attached hydrogens (tertiary/aromatic N) is 5. The first-order valence-corrected chi connectivity index (χ1v) is 11.2. The number of piperidine rings is 1. The van der Waals surface area contributed by atoms with Crippen LogP contribution in [-0.4, -0.2) is 95.5 Å². The first-order valence-electron chi connectivity index (χ1n) is 11.2. The molecule has 12 heteroatoms. The van der Waals surface area contributed by atoms with Crippen LogP contribution >= 0.6 is 0 Å². The van der Waals surface area contributed by atoms with E-state index in [4.69, 9.17) is 4.74 Å². The van der Waals surface area contributed by atoms with E-state index in [9.17, 15) is 22.8 Å². The molecule has 1 unspecified atom stereocenters. The zero-order valence-corrected chi connectivity index (χ0v) is 18.5. The fourth-order valence-corrected chi connectivity index (χ4v) is 4.82. The third kappa shape index (κ3) is 4.85. The highest BCUT2D eigenvalue weighted by Crippen LogP contribution is 2.40. The van der Waals surface area contributed by atoms with Crippen molar-refractivity contribution in [1.82, 2.24) is 19.8 Å². The van der Waals surface area contributed by atoms with Gasteiger partial charge in [0.15, 0.2) is 6.10 Å². The van der Waals surface area contributed by atoms with Gasteiger partial charge in [0.2, 0.25) is 0 Å². The molecule has 0 saturated carbocycles. The number of halogens is 3. The summed E-state index contributed by atoms with van der Waals surface area (Å²) >= 11 is 0. The second kappa shape index (κ2) is 9.32. The first kappa shape index (κ1) is 23.5. The second-order valence-electron chi connectivity index (χ2n) is 8.70. The number of aromatic nitrogens is 2. The van der Waals surface area contributed by atoms with Crippen molar-refractivity contribution in [2.45, 2.75) is 50.4 Å². The molecule has 9 nitrogen and oxygen atoms in total. The topological polar surface area (TPSA) is 88.1 Å². The maximum absolute atomic E-state index is 13.6. The molecule has 3 fully saturated rings. The minimum absolute atomic E-state index is 0.156. The van der Waals surface area contributed by atoms with E-state index in [1.54, 1.807) is 0 Å². The molecule has 1 aromatic rings. The van der Waals surface area contributed by atoms with Gasteiger partial charge in [-0.1, -0.05) is 0 Å². The molecule has 0 N–H and O–H groups in total. The predicted octanol–water partition coefficient (Wildman–Crippen LogP) is 2.47. The summed E-state index contributed by atoms with van der Waals surface area (Å²) in [5, 5.41) is 0. The van der Waals surface area contributed by atoms with E-state index in [1.165, 1.54) is 17.4 Å².